The minimum absolute atomic E-state index is 0.00891. The van der Waals surface area contributed by atoms with E-state index < -0.39 is 0 Å². The lowest BCUT2D eigenvalue weighted by Crippen LogP contribution is -2.43. The molecule has 0 bridgehead atoms. The van der Waals surface area contributed by atoms with Gasteiger partial charge >= 0.3 is 0 Å². The van der Waals surface area contributed by atoms with E-state index in [-0.39, 0.29) is 43.4 Å². The molecule has 0 saturated carbocycles. The molecular weight excluding hydrogens is 414 g/mol. The Balaban J connectivity index is 1.66. The molecule has 0 radical (unpaired) electrons. The van der Waals surface area contributed by atoms with Crippen molar-refractivity contribution in [1.82, 2.24) is 9.80 Å². The third-order valence-electron chi connectivity index (χ3n) is 4.87. The van der Waals surface area contributed by atoms with Gasteiger partial charge in [0.05, 0.1) is 0 Å². The van der Waals surface area contributed by atoms with E-state index in [9.17, 15) is 14.4 Å². The molecular formula is C24H26ClN3O3. The third-order valence-corrected chi connectivity index (χ3v) is 5.12. The lowest BCUT2D eigenvalue weighted by atomic mass is 10.2. The number of amides is 3. The summed E-state index contributed by atoms with van der Waals surface area (Å²) < 4.78 is 0. The van der Waals surface area contributed by atoms with E-state index in [1.165, 1.54) is 20.8 Å². The van der Waals surface area contributed by atoms with Gasteiger partial charge in [0, 0.05) is 23.3 Å². The second-order valence-corrected chi connectivity index (χ2v) is 8.32. The molecule has 1 saturated heterocycles. The van der Waals surface area contributed by atoms with Gasteiger partial charge in [-0.15, -0.1) is 0 Å². The Bertz CT molecular complexity index is 958. The van der Waals surface area contributed by atoms with Crippen LogP contribution in [0.4, 0.5) is 5.69 Å². The highest BCUT2D eigenvalue weighted by Crippen LogP contribution is 2.22. The molecule has 7 heteroatoms. The molecule has 2 aromatic carbocycles. The number of hydrogen-bond acceptors (Lipinski definition) is 3. The average molecular weight is 440 g/mol. The van der Waals surface area contributed by atoms with Gasteiger partial charge in [0.25, 0.3) is 0 Å². The van der Waals surface area contributed by atoms with Gasteiger partial charge in [-0.1, -0.05) is 55.8 Å². The highest BCUT2D eigenvalue weighted by atomic mass is 35.5. The van der Waals surface area contributed by atoms with E-state index in [1.54, 1.807) is 30.3 Å². The van der Waals surface area contributed by atoms with Crippen LogP contribution in [-0.2, 0) is 14.4 Å². The Morgan fingerprint density at radius 1 is 1.10 bits per heavy atom. The molecule has 3 amide bonds. The zero-order chi connectivity index (χ0) is 22.4. The molecule has 0 atom stereocenters. The summed E-state index contributed by atoms with van der Waals surface area (Å²) >= 11 is 5.92. The standard InChI is InChI=1S/C24H26ClN3O3/c1-18(2)14-26(22(29)13-8-19-6-4-3-5-7-19)15-23(30)27-16-24(31)28(17-27)21-11-9-20(25)10-12-21/h3-13,18H,14-17H2,1-2H3. The van der Waals surface area contributed by atoms with Crippen LogP contribution in [0, 0.1) is 5.92 Å². The monoisotopic (exact) mass is 439 g/mol. The minimum atomic E-state index is -0.257. The number of rotatable bonds is 7. The average Bonchev–Trinajstić information content (AvgIpc) is 3.14. The molecule has 1 aliphatic heterocycles. The number of halogens is 1. The maximum Gasteiger partial charge on any atom is 0.248 e. The molecule has 31 heavy (non-hydrogen) atoms. The van der Waals surface area contributed by atoms with Gasteiger partial charge in [0.1, 0.15) is 19.8 Å². The van der Waals surface area contributed by atoms with Crippen LogP contribution in [0.5, 0.6) is 0 Å². The Labute approximate surface area is 187 Å². The third kappa shape index (κ3) is 6.18. The van der Waals surface area contributed by atoms with Crippen LogP contribution in [0.25, 0.3) is 6.08 Å². The number of nitrogens with zero attached hydrogens (tertiary/aromatic N) is 3. The fourth-order valence-electron chi connectivity index (χ4n) is 3.34. The van der Waals surface area contributed by atoms with Crippen molar-refractivity contribution < 1.29 is 14.4 Å². The fraction of sp³-hybridized carbons (Fsp3) is 0.292. The summed E-state index contributed by atoms with van der Waals surface area (Å²) in [6.07, 6.45) is 3.22. The van der Waals surface area contributed by atoms with Gasteiger partial charge < -0.3 is 9.80 Å². The summed E-state index contributed by atoms with van der Waals surface area (Å²) in [4.78, 5) is 42.6. The summed E-state index contributed by atoms with van der Waals surface area (Å²) in [7, 11) is 0. The Kier molecular flexibility index (Phi) is 7.47. The van der Waals surface area contributed by atoms with Gasteiger partial charge in [0.15, 0.2) is 0 Å². The minimum Gasteiger partial charge on any atom is -0.330 e. The molecule has 1 heterocycles. The molecule has 6 nitrogen and oxygen atoms in total. The fourth-order valence-corrected chi connectivity index (χ4v) is 3.46. The Morgan fingerprint density at radius 2 is 1.77 bits per heavy atom. The first-order chi connectivity index (χ1) is 14.8. The van der Waals surface area contributed by atoms with Gasteiger partial charge in [-0.2, -0.15) is 0 Å². The van der Waals surface area contributed by atoms with Crippen molar-refractivity contribution in [1.29, 1.82) is 0 Å². The van der Waals surface area contributed by atoms with Crippen LogP contribution in [0.15, 0.2) is 60.7 Å². The van der Waals surface area contributed by atoms with Crippen LogP contribution in [0.2, 0.25) is 5.02 Å². The van der Waals surface area contributed by atoms with Crippen LogP contribution >= 0.6 is 11.6 Å². The van der Waals surface area contributed by atoms with Crippen molar-refractivity contribution >= 4 is 41.1 Å². The lowest BCUT2D eigenvalue weighted by Gasteiger charge is -2.25. The van der Waals surface area contributed by atoms with Crippen molar-refractivity contribution in [2.75, 3.05) is 31.2 Å². The van der Waals surface area contributed by atoms with Gasteiger partial charge in [-0.25, -0.2) is 0 Å². The predicted octanol–water partition coefficient (Wildman–Crippen LogP) is 3.67. The second-order valence-electron chi connectivity index (χ2n) is 7.89. The zero-order valence-electron chi connectivity index (χ0n) is 17.7. The first kappa shape index (κ1) is 22.6. The molecule has 2 aromatic rings. The summed E-state index contributed by atoms with van der Waals surface area (Å²) in [6, 6.07) is 16.4. The number of hydrogen-bond donors (Lipinski definition) is 0. The number of carbonyl (C=O) groups excluding carboxylic acids is 3. The highest BCUT2D eigenvalue weighted by Gasteiger charge is 2.32. The van der Waals surface area contributed by atoms with E-state index in [1.807, 2.05) is 44.2 Å². The molecule has 0 unspecified atom stereocenters. The van der Waals surface area contributed by atoms with Crippen molar-refractivity contribution in [3.05, 3.63) is 71.3 Å². The normalized spacial score (nSPS) is 14.0. The van der Waals surface area contributed by atoms with Crippen molar-refractivity contribution in [2.24, 2.45) is 5.92 Å². The van der Waals surface area contributed by atoms with E-state index in [0.717, 1.165) is 5.56 Å². The smallest absolute Gasteiger partial charge is 0.248 e. The summed E-state index contributed by atoms with van der Waals surface area (Å²) in [5.74, 6) is -0.452. The van der Waals surface area contributed by atoms with Crippen molar-refractivity contribution in [3.8, 4) is 0 Å². The molecule has 1 aliphatic rings. The van der Waals surface area contributed by atoms with Gasteiger partial charge in [-0.05, 0) is 41.8 Å². The van der Waals surface area contributed by atoms with E-state index in [0.29, 0.717) is 17.3 Å². The summed E-state index contributed by atoms with van der Waals surface area (Å²) in [5.41, 5.74) is 1.60. The summed E-state index contributed by atoms with van der Waals surface area (Å²) in [6.45, 7) is 4.51. The molecule has 0 N–H and O–H groups in total. The van der Waals surface area contributed by atoms with Crippen molar-refractivity contribution in [2.45, 2.75) is 13.8 Å². The number of anilines is 1. The van der Waals surface area contributed by atoms with Gasteiger partial charge in [-0.3, -0.25) is 19.3 Å². The van der Waals surface area contributed by atoms with E-state index >= 15 is 0 Å². The Hall–Kier alpha value is -3.12. The maximum atomic E-state index is 12.9. The van der Waals surface area contributed by atoms with Crippen LogP contribution in [0.1, 0.15) is 19.4 Å². The van der Waals surface area contributed by atoms with E-state index in [2.05, 4.69) is 0 Å². The van der Waals surface area contributed by atoms with Crippen LogP contribution in [0.3, 0.4) is 0 Å². The van der Waals surface area contributed by atoms with E-state index in [4.69, 9.17) is 11.6 Å². The SMILES string of the molecule is CC(C)CN(CC(=O)N1CC(=O)N(c2ccc(Cl)cc2)C1)C(=O)C=Cc1ccccc1. The molecule has 162 valence electrons. The molecule has 3 rings (SSSR count). The Morgan fingerprint density at radius 3 is 2.42 bits per heavy atom. The molecule has 0 aromatic heterocycles. The topological polar surface area (TPSA) is 60.9 Å². The molecule has 0 aliphatic carbocycles. The highest BCUT2D eigenvalue weighted by molar-refractivity contribution is 6.30. The maximum absolute atomic E-state index is 12.9. The first-order valence-electron chi connectivity index (χ1n) is 10.2. The second kappa shape index (κ2) is 10.3. The lowest BCUT2D eigenvalue weighted by molar-refractivity contribution is -0.138. The first-order valence-corrected chi connectivity index (χ1v) is 10.6. The quantitative estimate of drug-likeness (QED) is 0.618. The molecule has 1 fully saturated rings. The summed E-state index contributed by atoms with van der Waals surface area (Å²) in [5, 5.41) is 0.578. The largest absolute Gasteiger partial charge is 0.330 e. The van der Waals surface area contributed by atoms with Gasteiger partial charge in [0.2, 0.25) is 17.7 Å². The van der Waals surface area contributed by atoms with Crippen LogP contribution < -0.4 is 4.90 Å². The number of carbonyl (C=O) groups is 3. The predicted molar refractivity (Wildman–Crippen MR) is 122 cm³/mol. The number of benzene rings is 2. The van der Waals surface area contributed by atoms with Crippen LogP contribution in [-0.4, -0.2) is 53.8 Å². The zero-order valence-corrected chi connectivity index (χ0v) is 18.5. The van der Waals surface area contributed by atoms with Crippen molar-refractivity contribution in [3.63, 3.8) is 0 Å². The molecule has 0 spiro atoms.